The van der Waals surface area contributed by atoms with Crippen LogP contribution in [-0.2, 0) is 12.7 Å². The maximum absolute atomic E-state index is 12.7. The Balaban J connectivity index is 0.00000420. The molecule has 2 rings (SSSR count). The average Bonchev–Trinajstić information content (AvgIpc) is 3.12. The SMILES string of the molecule is CCNC(=NCc1nc(C(C)C)cs1)NCC#Cc1cccc(C(F)(F)F)c1.I. The lowest BCUT2D eigenvalue weighted by atomic mass is 10.1. The number of alkyl halides is 3. The van der Waals surface area contributed by atoms with Crippen molar-refractivity contribution < 1.29 is 13.2 Å². The van der Waals surface area contributed by atoms with Gasteiger partial charge in [-0.3, -0.25) is 0 Å². The third-order valence-electron chi connectivity index (χ3n) is 3.64. The highest BCUT2D eigenvalue weighted by atomic mass is 127. The van der Waals surface area contributed by atoms with Crippen LogP contribution in [0.1, 0.15) is 48.5 Å². The number of aromatic nitrogens is 1. The lowest BCUT2D eigenvalue weighted by Gasteiger charge is -2.08. The molecule has 0 fully saturated rings. The predicted molar refractivity (Wildman–Crippen MR) is 123 cm³/mol. The molecule has 29 heavy (non-hydrogen) atoms. The molecule has 0 aliphatic carbocycles. The lowest BCUT2D eigenvalue weighted by Crippen LogP contribution is -2.37. The molecule has 0 spiro atoms. The number of rotatable bonds is 5. The monoisotopic (exact) mass is 536 g/mol. The van der Waals surface area contributed by atoms with E-state index in [2.05, 4.69) is 46.3 Å². The molecule has 0 amide bonds. The average molecular weight is 536 g/mol. The number of guanidine groups is 1. The largest absolute Gasteiger partial charge is 0.416 e. The van der Waals surface area contributed by atoms with Crippen LogP contribution < -0.4 is 10.6 Å². The Kier molecular flexibility index (Phi) is 10.5. The van der Waals surface area contributed by atoms with Gasteiger partial charge in [0.2, 0.25) is 0 Å². The number of nitrogens with one attached hydrogen (secondary N) is 2. The number of hydrogen-bond acceptors (Lipinski definition) is 3. The van der Waals surface area contributed by atoms with Gasteiger partial charge in [0.25, 0.3) is 0 Å². The molecule has 1 aromatic carbocycles. The third kappa shape index (κ3) is 8.62. The van der Waals surface area contributed by atoms with E-state index < -0.39 is 11.7 Å². The van der Waals surface area contributed by atoms with E-state index in [9.17, 15) is 13.2 Å². The fourth-order valence-corrected chi connectivity index (χ4v) is 3.08. The van der Waals surface area contributed by atoms with Gasteiger partial charge in [-0.15, -0.1) is 35.3 Å². The topological polar surface area (TPSA) is 49.3 Å². The van der Waals surface area contributed by atoms with E-state index in [0.717, 1.165) is 22.8 Å². The Morgan fingerprint density at radius 2 is 2.03 bits per heavy atom. The summed E-state index contributed by atoms with van der Waals surface area (Å²) >= 11 is 1.57. The van der Waals surface area contributed by atoms with Gasteiger partial charge in [0.1, 0.15) is 5.01 Å². The highest BCUT2D eigenvalue weighted by molar-refractivity contribution is 14.0. The van der Waals surface area contributed by atoms with Crippen LogP contribution in [0.5, 0.6) is 0 Å². The maximum atomic E-state index is 12.7. The van der Waals surface area contributed by atoms with Crippen LogP contribution in [0.4, 0.5) is 13.2 Å². The van der Waals surface area contributed by atoms with E-state index in [1.807, 2.05) is 12.3 Å². The van der Waals surface area contributed by atoms with Gasteiger partial charge >= 0.3 is 6.18 Å². The molecule has 0 aliphatic heterocycles. The highest BCUT2D eigenvalue weighted by Crippen LogP contribution is 2.29. The van der Waals surface area contributed by atoms with Crippen molar-refractivity contribution in [1.82, 2.24) is 15.6 Å². The molecule has 0 atom stereocenters. The van der Waals surface area contributed by atoms with Gasteiger partial charge in [0.05, 0.1) is 24.3 Å². The number of nitrogens with zero attached hydrogens (tertiary/aromatic N) is 2. The summed E-state index contributed by atoms with van der Waals surface area (Å²) < 4.78 is 38.2. The van der Waals surface area contributed by atoms with Crippen molar-refractivity contribution in [3.05, 3.63) is 51.5 Å². The number of hydrogen-bond donors (Lipinski definition) is 2. The van der Waals surface area contributed by atoms with Crippen molar-refractivity contribution in [1.29, 1.82) is 0 Å². The first-order chi connectivity index (χ1) is 13.3. The number of halogens is 4. The number of aliphatic imine (C=N–C) groups is 1. The van der Waals surface area contributed by atoms with Crippen molar-refractivity contribution >= 4 is 41.3 Å². The van der Waals surface area contributed by atoms with Crippen LogP contribution in [0.15, 0.2) is 34.6 Å². The molecule has 0 saturated heterocycles. The van der Waals surface area contributed by atoms with Crippen LogP contribution in [0.2, 0.25) is 0 Å². The van der Waals surface area contributed by atoms with E-state index in [-0.39, 0.29) is 30.5 Å². The quantitative estimate of drug-likeness (QED) is 0.245. The standard InChI is InChI=1S/C20H23F3N4S.HI/c1-4-24-19(26-12-18-27-17(13-28-18)14(2)3)25-10-6-8-15-7-5-9-16(11-15)20(21,22)23;/h5,7,9,11,13-14H,4,10,12H2,1-3H3,(H2,24,25,26);1H. The van der Waals surface area contributed by atoms with Gasteiger partial charge in [-0.1, -0.05) is 31.8 Å². The molecule has 4 nitrogen and oxygen atoms in total. The zero-order chi connectivity index (χ0) is 20.6. The lowest BCUT2D eigenvalue weighted by molar-refractivity contribution is -0.137. The summed E-state index contributed by atoms with van der Waals surface area (Å²) in [6.07, 6.45) is -4.37. The van der Waals surface area contributed by atoms with E-state index in [1.54, 1.807) is 17.4 Å². The van der Waals surface area contributed by atoms with Crippen molar-refractivity contribution in [2.45, 2.75) is 39.4 Å². The van der Waals surface area contributed by atoms with E-state index in [1.165, 1.54) is 6.07 Å². The second-order valence-electron chi connectivity index (χ2n) is 6.25. The molecule has 0 bridgehead atoms. The van der Waals surface area contributed by atoms with E-state index in [0.29, 0.717) is 30.5 Å². The van der Waals surface area contributed by atoms with E-state index in [4.69, 9.17) is 0 Å². The summed E-state index contributed by atoms with van der Waals surface area (Å²) in [4.78, 5) is 9.02. The molecule has 0 aliphatic rings. The van der Waals surface area contributed by atoms with Gasteiger partial charge in [-0.05, 0) is 31.0 Å². The van der Waals surface area contributed by atoms with Crippen LogP contribution in [0.25, 0.3) is 0 Å². The first-order valence-electron chi connectivity index (χ1n) is 8.92. The second-order valence-corrected chi connectivity index (χ2v) is 7.19. The zero-order valence-corrected chi connectivity index (χ0v) is 19.6. The Morgan fingerprint density at radius 3 is 2.66 bits per heavy atom. The van der Waals surface area contributed by atoms with Crippen molar-refractivity contribution in [2.75, 3.05) is 13.1 Å². The Bertz CT molecular complexity index is 866. The Morgan fingerprint density at radius 1 is 1.28 bits per heavy atom. The van der Waals surface area contributed by atoms with Gasteiger partial charge in [-0.25, -0.2) is 9.98 Å². The zero-order valence-electron chi connectivity index (χ0n) is 16.4. The fraction of sp³-hybridized carbons (Fsp3) is 0.400. The molecule has 1 aromatic heterocycles. The minimum Gasteiger partial charge on any atom is -0.357 e. The highest BCUT2D eigenvalue weighted by Gasteiger charge is 2.30. The molecule has 2 aromatic rings. The van der Waals surface area contributed by atoms with Crippen LogP contribution >= 0.6 is 35.3 Å². The summed E-state index contributed by atoms with van der Waals surface area (Å²) in [6, 6.07) is 4.98. The molecule has 1 heterocycles. The number of thiazole rings is 1. The smallest absolute Gasteiger partial charge is 0.357 e. The van der Waals surface area contributed by atoms with Gasteiger partial charge < -0.3 is 10.6 Å². The van der Waals surface area contributed by atoms with Gasteiger partial charge in [0, 0.05) is 17.5 Å². The summed E-state index contributed by atoms with van der Waals surface area (Å²) in [7, 11) is 0. The molecule has 0 radical (unpaired) electrons. The maximum Gasteiger partial charge on any atom is 0.416 e. The fourth-order valence-electron chi connectivity index (χ4n) is 2.20. The Hall–Kier alpha value is -1.80. The molecule has 158 valence electrons. The van der Waals surface area contributed by atoms with Crippen LogP contribution in [-0.4, -0.2) is 24.0 Å². The molecule has 2 N–H and O–H groups in total. The summed E-state index contributed by atoms with van der Waals surface area (Å²) in [5.41, 5.74) is 0.675. The summed E-state index contributed by atoms with van der Waals surface area (Å²) in [5.74, 6) is 6.53. The van der Waals surface area contributed by atoms with Crippen molar-refractivity contribution in [3.8, 4) is 11.8 Å². The van der Waals surface area contributed by atoms with Crippen molar-refractivity contribution in [2.24, 2.45) is 4.99 Å². The van der Waals surface area contributed by atoms with Crippen LogP contribution in [0.3, 0.4) is 0 Å². The summed E-state index contributed by atoms with van der Waals surface area (Å²) in [6.45, 7) is 7.53. The molecular formula is C20H24F3IN4S. The minimum atomic E-state index is -4.37. The van der Waals surface area contributed by atoms with Crippen LogP contribution in [0, 0.1) is 11.8 Å². The first-order valence-corrected chi connectivity index (χ1v) is 9.80. The first kappa shape index (κ1) is 25.2. The van der Waals surface area contributed by atoms with Crippen molar-refractivity contribution in [3.63, 3.8) is 0 Å². The summed E-state index contributed by atoms with van der Waals surface area (Å²) in [5, 5.41) is 9.13. The Labute approximate surface area is 190 Å². The number of benzene rings is 1. The molecular weight excluding hydrogens is 512 g/mol. The van der Waals surface area contributed by atoms with Gasteiger partial charge in [0.15, 0.2) is 5.96 Å². The predicted octanol–water partition coefficient (Wildman–Crippen LogP) is 5.01. The normalized spacial score (nSPS) is 11.5. The second kappa shape index (κ2) is 12.0. The molecule has 0 saturated carbocycles. The van der Waals surface area contributed by atoms with E-state index >= 15 is 0 Å². The molecule has 0 unspecified atom stereocenters. The van der Waals surface area contributed by atoms with Gasteiger partial charge in [-0.2, -0.15) is 13.2 Å². The third-order valence-corrected chi connectivity index (χ3v) is 4.50. The minimum absolute atomic E-state index is 0. The molecule has 9 heteroatoms.